The third-order valence-corrected chi connectivity index (χ3v) is 6.65. The lowest BCUT2D eigenvalue weighted by Crippen LogP contribution is -2.36. The third-order valence-electron chi connectivity index (χ3n) is 6.65. The zero-order chi connectivity index (χ0) is 23.5. The summed E-state index contributed by atoms with van der Waals surface area (Å²) in [7, 11) is 1.84. The number of amides is 2. The highest BCUT2D eigenvalue weighted by molar-refractivity contribution is 6.01. The van der Waals surface area contributed by atoms with E-state index in [2.05, 4.69) is 21.6 Å². The van der Waals surface area contributed by atoms with Crippen molar-refractivity contribution in [2.45, 2.75) is 32.7 Å². The Morgan fingerprint density at radius 2 is 2.06 bits per heavy atom. The highest BCUT2D eigenvalue weighted by Gasteiger charge is 2.54. The summed E-state index contributed by atoms with van der Waals surface area (Å²) in [6.45, 7) is 4.92. The van der Waals surface area contributed by atoms with Crippen LogP contribution in [0.5, 0.6) is 0 Å². The average molecular weight is 448 g/mol. The predicted molar refractivity (Wildman–Crippen MR) is 119 cm³/mol. The molecular weight excluding hydrogens is 422 g/mol. The Labute approximate surface area is 190 Å². The van der Waals surface area contributed by atoms with Crippen LogP contribution < -0.4 is 11.1 Å². The minimum absolute atomic E-state index is 0.104. The average Bonchev–Trinajstić information content (AvgIpc) is 3.13. The summed E-state index contributed by atoms with van der Waals surface area (Å²) in [5.41, 5.74) is 8.36. The van der Waals surface area contributed by atoms with E-state index in [9.17, 15) is 14.9 Å². The number of aryl methyl sites for hydroxylation is 2. The van der Waals surface area contributed by atoms with Crippen molar-refractivity contribution < 1.29 is 9.59 Å². The van der Waals surface area contributed by atoms with Crippen molar-refractivity contribution in [2.75, 3.05) is 18.4 Å². The smallest absolute Gasteiger partial charge is 0.252 e. The van der Waals surface area contributed by atoms with E-state index < -0.39 is 11.3 Å². The van der Waals surface area contributed by atoms with Gasteiger partial charge in [-0.1, -0.05) is 6.92 Å². The molecule has 1 saturated carbocycles. The molecule has 170 valence electrons. The molecule has 2 fully saturated rings. The topological polar surface area (TPSA) is 147 Å². The Morgan fingerprint density at radius 3 is 2.67 bits per heavy atom. The SMILES string of the molecule is Cc1nn(C)cc1-c1cn2ncc(C(N)=O)c(N[C@H]3CN(C(=O)C4(C#N)CC4)C[C@H]3C)c2n1. The van der Waals surface area contributed by atoms with Crippen LogP contribution in [0, 0.1) is 29.6 Å². The molecule has 2 amide bonds. The van der Waals surface area contributed by atoms with Crippen LogP contribution >= 0.6 is 0 Å². The lowest BCUT2D eigenvalue weighted by molar-refractivity contribution is -0.134. The maximum atomic E-state index is 12.9. The fourth-order valence-electron chi connectivity index (χ4n) is 4.55. The largest absolute Gasteiger partial charge is 0.376 e. The van der Waals surface area contributed by atoms with Crippen molar-refractivity contribution in [3.8, 4) is 17.3 Å². The van der Waals surface area contributed by atoms with E-state index in [4.69, 9.17) is 10.7 Å². The van der Waals surface area contributed by atoms with Crippen LogP contribution in [0.25, 0.3) is 16.9 Å². The number of nitrogens with zero attached hydrogens (tertiary/aromatic N) is 7. The summed E-state index contributed by atoms with van der Waals surface area (Å²) >= 11 is 0. The molecule has 11 nitrogen and oxygen atoms in total. The van der Waals surface area contributed by atoms with Gasteiger partial charge in [-0.2, -0.15) is 15.5 Å². The molecule has 5 rings (SSSR count). The van der Waals surface area contributed by atoms with Gasteiger partial charge in [0.25, 0.3) is 5.91 Å². The van der Waals surface area contributed by atoms with Crippen molar-refractivity contribution in [2.24, 2.45) is 24.1 Å². The van der Waals surface area contributed by atoms with Crippen LogP contribution in [0.4, 0.5) is 5.69 Å². The number of rotatable bonds is 5. The Hall–Kier alpha value is -3.94. The number of nitrogens with one attached hydrogen (secondary N) is 1. The molecule has 2 atom stereocenters. The van der Waals surface area contributed by atoms with Crippen molar-refractivity contribution in [1.82, 2.24) is 29.3 Å². The maximum absolute atomic E-state index is 12.9. The molecule has 0 spiro atoms. The van der Waals surface area contributed by atoms with Gasteiger partial charge in [0.05, 0.1) is 41.1 Å². The Kier molecular flexibility index (Phi) is 4.63. The van der Waals surface area contributed by atoms with Gasteiger partial charge in [-0.05, 0) is 25.7 Å². The highest BCUT2D eigenvalue weighted by Crippen LogP contribution is 2.47. The first-order valence-corrected chi connectivity index (χ1v) is 10.9. The minimum Gasteiger partial charge on any atom is -0.376 e. The number of likely N-dealkylation sites (tertiary alicyclic amines) is 1. The highest BCUT2D eigenvalue weighted by atomic mass is 16.2. The van der Waals surface area contributed by atoms with Crippen LogP contribution in [0.2, 0.25) is 0 Å². The van der Waals surface area contributed by atoms with Gasteiger partial charge in [-0.3, -0.25) is 14.3 Å². The third kappa shape index (κ3) is 3.38. The number of anilines is 1. The fourth-order valence-corrected chi connectivity index (χ4v) is 4.55. The van der Waals surface area contributed by atoms with Crippen LogP contribution in [-0.4, -0.2) is 60.2 Å². The van der Waals surface area contributed by atoms with E-state index in [0.29, 0.717) is 43.0 Å². The fraction of sp³-hybridized carbons (Fsp3) is 0.455. The summed E-state index contributed by atoms with van der Waals surface area (Å²) in [5.74, 6) is -0.617. The number of carbonyl (C=O) groups excluding carboxylic acids is 2. The molecule has 2 aliphatic rings. The molecule has 1 aliphatic heterocycles. The molecule has 3 N–H and O–H groups in total. The zero-order valence-corrected chi connectivity index (χ0v) is 18.7. The molecule has 4 heterocycles. The monoisotopic (exact) mass is 447 g/mol. The standard InChI is InChI=1S/C22H25N9O2/c1-12-7-30(21(33)22(11-23)4-5-22)9-16(12)26-18-14(19(24)32)6-25-31-10-17(27-20(18)31)15-8-29(3)28-13(15)2/h6,8,10,12,16,26H,4-5,7,9H2,1-3H3,(H2,24,32)/t12-,16+/m1/s1. The molecule has 0 unspecified atom stereocenters. The summed E-state index contributed by atoms with van der Waals surface area (Å²) in [4.78, 5) is 31.5. The van der Waals surface area contributed by atoms with E-state index >= 15 is 0 Å². The van der Waals surface area contributed by atoms with Crippen LogP contribution in [-0.2, 0) is 11.8 Å². The number of fused-ring (bicyclic) bond motifs is 1. The number of primary amides is 1. The maximum Gasteiger partial charge on any atom is 0.252 e. The van der Waals surface area contributed by atoms with Crippen molar-refractivity contribution >= 4 is 23.1 Å². The van der Waals surface area contributed by atoms with Gasteiger partial charge in [0.1, 0.15) is 5.41 Å². The number of imidazole rings is 1. The van der Waals surface area contributed by atoms with Gasteiger partial charge in [-0.15, -0.1) is 0 Å². The second-order valence-electron chi connectivity index (χ2n) is 9.13. The van der Waals surface area contributed by atoms with Crippen molar-refractivity contribution in [1.29, 1.82) is 5.26 Å². The molecule has 0 bridgehead atoms. The molecule has 1 aliphatic carbocycles. The van der Waals surface area contributed by atoms with Gasteiger partial charge in [0.15, 0.2) is 5.65 Å². The Balaban J connectivity index is 1.49. The number of carbonyl (C=O) groups is 2. The van der Waals surface area contributed by atoms with Crippen molar-refractivity contribution in [3.05, 3.63) is 29.8 Å². The Morgan fingerprint density at radius 1 is 1.30 bits per heavy atom. The van der Waals surface area contributed by atoms with Crippen LogP contribution in [0.3, 0.4) is 0 Å². The zero-order valence-electron chi connectivity index (χ0n) is 18.7. The number of hydrogen-bond donors (Lipinski definition) is 2. The summed E-state index contributed by atoms with van der Waals surface area (Å²) in [6, 6.07) is 2.05. The quantitative estimate of drug-likeness (QED) is 0.595. The number of aromatic nitrogens is 5. The summed E-state index contributed by atoms with van der Waals surface area (Å²) < 4.78 is 3.32. The number of hydrogen-bond acceptors (Lipinski definition) is 7. The summed E-state index contributed by atoms with van der Waals surface area (Å²) in [5, 5.41) is 21.5. The number of nitriles is 1. The van der Waals surface area contributed by atoms with Crippen LogP contribution in [0.15, 0.2) is 18.6 Å². The molecule has 3 aromatic rings. The molecular formula is C22H25N9O2. The van der Waals surface area contributed by atoms with Gasteiger partial charge in [0, 0.05) is 37.9 Å². The van der Waals surface area contributed by atoms with Gasteiger partial charge in [0.2, 0.25) is 5.91 Å². The number of nitrogens with two attached hydrogens (primary N) is 1. The lowest BCUT2D eigenvalue weighted by Gasteiger charge is -2.21. The summed E-state index contributed by atoms with van der Waals surface area (Å²) in [6.07, 6.45) is 6.33. The molecule has 33 heavy (non-hydrogen) atoms. The predicted octanol–water partition coefficient (Wildman–Crippen LogP) is 1.10. The second kappa shape index (κ2) is 7.30. The lowest BCUT2D eigenvalue weighted by atomic mass is 10.1. The van der Waals surface area contributed by atoms with Gasteiger partial charge >= 0.3 is 0 Å². The van der Waals surface area contributed by atoms with Crippen molar-refractivity contribution in [3.63, 3.8) is 0 Å². The van der Waals surface area contributed by atoms with E-state index in [1.165, 1.54) is 6.20 Å². The van der Waals surface area contributed by atoms with E-state index in [1.807, 2.05) is 27.1 Å². The first kappa shape index (κ1) is 20.9. The second-order valence-corrected chi connectivity index (χ2v) is 9.13. The minimum atomic E-state index is -0.851. The van der Waals surface area contributed by atoms with Gasteiger partial charge in [-0.25, -0.2) is 9.50 Å². The van der Waals surface area contributed by atoms with Gasteiger partial charge < -0.3 is 16.0 Å². The molecule has 11 heteroatoms. The molecule has 0 radical (unpaired) electrons. The first-order valence-electron chi connectivity index (χ1n) is 10.9. The van der Waals surface area contributed by atoms with Crippen LogP contribution in [0.1, 0.15) is 35.8 Å². The van der Waals surface area contributed by atoms with E-state index in [0.717, 1.165) is 11.3 Å². The molecule has 3 aromatic heterocycles. The molecule has 0 aromatic carbocycles. The van der Waals surface area contributed by atoms with E-state index in [1.54, 1.807) is 20.3 Å². The first-order chi connectivity index (χ1) is 15.7. The van der Waals surface area contributed by atoms with E-state index in [-0.39, 0.29) is 23.4 Å². The Bertz CT molecular complexity index is 1330. The normalized spacial score (nSPS) is 21.2. The molecule has 1 saturated heterocycles.